The molecule has 1 aliphatic heterocycles. The largest absolute Gasteiger partial charge is 0.481 e. The Balaban J connectivity index is 0.000000131. The molecular formula is C92H86Cl3F7N4O11S2. The number of nitrogens with zero attached hydrogens (tertiary/aromatic N) is 4. The third-order valence-corrected chi connectivity index (χ3v) is 26.0. The fraction of sp³-hybridized carbons (Fsp3) is 0.337. The Kier molecular flexibility index (Phi) is 26.0. The van der Waals surface area contributed by atoms with Crippen LogP contribution in [-0.4, -0.2) is 75.5 Å². The van der Waals surface area contributed by atoms with Gasteiger partial charge in [-0.1, -0.05) is 96.8 Å². The summed E-state index contributed by atoms with van der Waals surface area (Å²) in [5.74, 6) is -4.97. The molecule has 0 bridgehead atoms. The minimum absolute atomic E-state index is 0.0157. The number of hydrogen-bond acceptors (Lipinski definition) is 9. The summed E-state index contributed by atoms with van der Waals surface area (Å²) in [5, 5.41) is 43.1. The summed E-state index contributed by atoms with van der Waals surface area (Å²) >= 11 is 20.5. The molecule has 4 N–H and O–H groups in total. The summed E-state index contributed by atoms with van der Waals surface area (Å²) in [6.45, 7) is 9.28. The number of ketones is 1. The molecule has 8 aromatic carbocycles. The van der Waals surface area contributed by atoms with Crippen molar-refractivity contribution in [3.63, 3.8) is 0 Å². The predicted octanol–water partition coefficient (Wildman–Crippen LogP) is 25.0. The van der Waals surface area contributed by atoms with Gasteiger partial charge in [-0.3, -0.25) is 24.0 Å². The van der Waals surface area contributed by atoms with Crippen molar-refractivity contribution >= 4 is 132 Å². The van der Waals surface area contributed by atoms with E-state index in [0.29, 0.717) is 97.6 Å². The molecule has 4 aromatic heterocycles. The molecule has 0 spiro atoms. The average molecular weight is 1730 g/mol. The molecule has 0 radical (unpaired) electrons. The van der Waals surface area contributed by atoms with Crippen LogP contribution in [0, 0.1) is 23.3 Å². The summed E-state index contributed by atoms with van der Waals surface area (Å²) < 4.78 is 110. The van der Waals surface area contributed by atoms with E-state index in [1.807, 2.05) is 76.7 Å². The number of hydrogen-bond donors (Lipinski definition) is 4. The first-order valence-corrected chi connectivity index (χ1v) is 42.3. The third kappa shape index (κ3) is 18.5. The van der Waals surface area contributed by atoms with Gasteiger partial charge in [0.05, 0.1) is 83.4 Å². The molecule has 27 heteroatoms. The van der Waals surface area contributed by atoms with Crippen LogP contribution in [0.1, 0.15) is 229 Å². The van der Waals surface area contributed by atoms with Gasteiger partial charge < -0.3 is 38.7 Å². The number of carbonyl (C=O) groups excluding carboxylic acids is 1. The molecule has 12 aromatic rings. The highest BCUT2D eigenvalue weighted by atomic mass is 35.5. The number of alkyl halides is 3. The van der Waals surface area contributed by atoms with Crippen molar-refractivity contribution < 1.29 is 84.4 Å². The molecule has 15 nitrogen and oxygen atoms in total. The second kappa shape index (κ2) is 36.0. The van der Waals surface area contributed by atoms with Crippen molar-refractivity contribution in [1.82, 2.24) is 18.3 Å². The molecule has 622 valence electrons. The zero-order valence-corrected chi connectivity index (χ0v) is 69.6. The molecule has 119 heavy (non-hydrogen) atoms. The van der Waals surface area contributed by atoms with Gasteiger partial charge >= 0.3 is 30.1 Å². The lowest BCUT2D eigenvalue weighted by Crippen LogP contribution is -2.19. The van der Waals surface area contributed by atoms with E-state index in [1.54, 1.807) is 48.2 Å². The van der Waals surface area contributed by atoms with E-state index in [1.165, 1.54) is 50.4 Å². The van der Waals surface area contributed by atoms with Gasteiger partial charge in [0, 0.05) is 118 Å². The summed E-state index contributed by atoms with van der Waals surface area (Å²) in [4.78, 5) is 65.4. The number of carbonyl (C=O) groups is 5. The maximum atomic E-state index is 14.6. The molecule has 17 rings (SSSR count). The molecule has 0 amide bonds. The van der Waals surface area contributed by atoms with E-state index >= 15 is 0 Å². The van der Waals surface area contributed by atoms with E-state index in [9.17, 15) is 75.1 Å². The van der Waals surface area contributed by atoms with E-state index in [-0.39, 0.29) is 72.7 Å². The Hall–Kier alpha value is -9.53. The third-order valence-electron chi connectivity index (χ3n) is 23.4. The fourth-order valence-electron chi connectivity index (χ4n) is 18.3. The van der Waals surface area contributed by atoms with Crippen LogP contribution in [0.15, 0.2) is 160 Å². The number of aliphatic carboxylic acids is 4. The second-order valence-electron chi connectivity index (χ2n) is 31.6. The summed E-state index contributed by atoms with van der Waals surface area (Å²) in [6.07, 6.45) is 4.64. The fourth-order valence-corrected chi connectivity index (χ4v) is 20.5. The van der Waals surface area contributed by atoms with E-state index in [0.717, 1.165) is 169 Å². The van der Waals surface area contributed by atoms with E-state index in [4.69, 9.17) is 39.1 Å². The van der Waals surface area contributed by atoms with Crippen LogP contribution in [0.5, 0.6) is 0 Å². The Morgan fingerprint density at radius 2 is 1.00 bits per heavy atom. The van der Waals surface area contributed by atoms with Crippen molar-refractivity contribution in [3.05, 3.63) is 262 Å². The van der Waals surface area contributed by atoms with Crippen LogP contribution in [0.3, 0.4) is 0 Å². The van der Waals surface area contributed by atoms with Crippen molar-refractivity contribution in [2.24, 2.45) is 0 Å². The van der Waals surface area contributed by atoms with Gasteiger partial charge in [-0.05, 0) is 250 Å². The van der Waals surface area contributed by atoms with Crippen LogP contribution in [-0.2, 0) is 73.5 Å². The lowest BCUT2D eigenvalue weighted by Gasteiger charge is -2.28. The minimum Gasteiger partial charge on any atom is -0.481 e. The van der Waals surface area contributed by atoms with Gasteiger partial charge in [0.1, 0.15) is 23.3 Å². The number of halogens is 10. The predicted molar refractivity (Wildman–Crippen MR) is 448 cm³/mol. The molecule has 1 saturated carbocycles. The smallest absolute Gasteiger partial charge is 0.416 e. The second-order valence-corrected chi connectivity index (χ2v) is 34.8. The SMILES string of the molecule is CC(=O)c1cc(F)cc2c3c(n(Cc4ccc(Cl)cc4)c12)[C@@H](CC(=O)O)CC3.CC(C)c1cc(F)cc2c1c(Sc1ccc(Cl)cc1)c1n2CCC[C@@H]1CC(=O)O.COOSc1cc(F)cc2c3c(n([C@@H](C)c4ccc(C(F)(F)F)cc4)c12)[C@@H](CC(=O)O)CCC3.O=C(O)C[C@H]1CCc2c1n(Cc1ccc(Cl)cc1)c1c(C3CC3)cc(F)cc21. The summed E-state index contributed by atoms with van der Waals surface area (Å²) in [7, 11) is 1.32. The Morgan fingerprint density at radius 3 is 1.51 bits per heavy atom. The van der Waals surface area contributed by atoms with E-state index < -0.39 is 53.3 Å². The highest BCUT2D eigenvalue weighted by Crippen LogP contribution is 2.53. The van der Waals surface area contributed by atoms with Gasteiger partial charge in [-0.15, -0.1) is 0 Å². The zero-order valence-electron chi connectivity index (χ0n) is 65.7. The number of rotatable bonds is 22. The Labute approximate surface area is 705 Å². The first kappa shape index (κ1) is 85.9. The standard InChI is InChI=1S/C24H23F4NO4S.C23H23ClFNO2S.C23H21ClFNO2.C22H19ClFNO3/c1-13(14-6-8-16(9-7-14)24(26,27)28)29-22-15(10-21(30)31)4-3-5-18(22)19-11-17(25)12-20(23(19)29)34-33-32-2;1-13(2)18-11-16(25)12-19-21(18)23(29-17-7-5-15(24)6-8-17)22-14(10-20(27)28)4-3-9-26(19)22;24-16-6-1-13(2-7-16)12-26-22-15(9-21(27)28)5-8-18(22)20-11-17(25)10-19(23(20)26)14-3-4-14;1-12(26)18-9-16(24)10-19-17-7-4-14(8-20(27)28)21(17)25(22(18)19)11-13-2-5-15(23)6-3-13/h6-9,11-13,15H,3-5,10H2,1-2H3,(H,30,31);5-8,11-14H,3-4,9-10H2,1-2H3,(H,27,28);1-2,6-7,10-11,14-15H,3-5,8-9,12H2,(H,27,28);2-3,5-6,9-10,14H,4,7-8,11H2,1H3,(H,27,28)/t13-,15+;14-;15-;14-/m0111/s1. The average Bonchev–Trinajstić information content (AvgIpc) is 1.60. The quantitative estimate of drug-likeness (QED) is 0.0164. The van der Waals surface area contributed by atoms with Gasteiger partial charge in [-0.2, -0.15) is 17.5 Å². The lowest BCUT2D eigenvalue weighted by molar-refractivity contribution is -0.160. The van der Waals surface area contributed by atoms with Gasteiger partial charge in [0.2, 0.25) is 0 Å². The summed E-state index contributed by atoms with van der Waals surface area (Å²) in [6, 6.07) is 39.2. The van der Waals surface area contributed by atoms with Crippen molar-refractivity contribution in [1.29, 1.82) is 0 Å². The van der Waals surface area contributed by atoms with Crippen LogP contribution in [0.2, 0.25) is 15.1 Å². The maximum Gasteiger partial charge on any atom is 0.416 e. The number of aromatic nitrogens is 4. The van der Waals surface area contributed by atoms with E-state index in [2.05, 4.69) is 27.9 Å². The Bertz CT molecular complexity index is 5900. The lowest BCUT2D eigenvalue weighted by atomic mass is 9.84. The normalized spacial score (nSPS) is 16.9. The number of carboxylic acid groups (broad SMARTS) is 4. The number of benzene rings is 8. The highest BCUT2D eigenvalue weighted by Gasteiger charge is 2.40. The van der Waals surface area contributed by atoms with Crippen LogP contribution in [0.4, 0.5) is 30.7 Å². The first-order chi connectivity index (χ1) is 56.8. The zero-order chi connectivity index (χ0) is 84.7. The molecule has 4 aliphatic carbocycles. The molecule has 0 unspecified atom stereocenters. The van der Waals surface area contributed by atoms with Crippen LogP contribution < -0.4 is 0 Å². The highest BCUT2D eigenvalue weighted by molar-refractivity contribution is 7.99. The molecule has 5 atom stereocenters. The number of fused-ring (bicyclic) bond motifs is 12. The molecular weight excluding hydrogens is 1640 g/mol. The molecule has 1 fully saturated rings. The monoisotopic (exact) mass is 1720 g/mol. The number of carboxylic acids is 4. The summed E-state index contributed by atoms with van der Waals surface area (Å²) in [5.41, 5.74) is 14.4. The van der Waals surface area contributed by atoms with Crippen molar-refractivity contribution in [2.75, 3.05) is 7.11 Å². The van der Waals surface area contributed by atoms with Crippen LogP contribution >= 0.6 is 58.6 Å². The minimum atomic E-state index is -4.45. The topological polar surface area (TPSA) is 204 Å². The first-order valence-electron chi connectivity index (χ1n) is 39.6. The molecule has 5 aliphatic rings. The van der Waals surface area contributed by atoms with Crippen molar-refractivity contribution in [2.45, 2.75) is 206 Å². The van der Waals surface area contributed by atoms with Crippen LogP contribution in [0.25, 0.3) is 43.6 Å². The number of Topliss-reactive ketones (excluding diaryl/α,β-unsaturated/α-hetero) is 1. The van der Waals surface area contributed by atoms with Gasteiger partial charge in [0.15, 0.2) is 5.78 Å². The van der Waals surface area contributed by atoms with Gasteiger partial charge in [-0.25, -0.2) is 22.4 Å². The van der Waals surface area contributed by atoms with Crippen molar-refractivity contribution in [3.8, 4) is 0 Å². The molecule has 5 heterocycles. The van der Waals surface area contributed by atoms with Gasteiger partial charge in [0.25, 0.3) is 0 Å². The Morgan fingerprint density at radius 1 is 0.529 bits per heavy atom. The number of aryl methyl sites for hydroxylation is 4. The molecule has 0 saturated heterocycles. The maximum absolute atomic E-state index is 14.6.